The summed E-state index contributed by atoms with van der Waals surface area (Å²) in [6.07, 6.45) is -1.04. The van der Waals surface area contributed by atoms with E-state index in [1.54, 1.807) is 60.7 Å². The fourth-order valence-electron chi connectivity index (χ4n) is 4.83. The number of nitrogens with zero attached hydrogens (tertiary/aromatic N) is 3. The minimum atomic E-state index is -1.04. The molecule has 0 radical (unpaired) electrons. The van der Waals surface area contributed by atoms with Crippen LogP contribution in [0.4, 0.5) is 17.1 Å². The van der Waals surface area contributed by atoms with Gasteiger partial charge in [0.25, 0.3) is 11.6 Å². The molecule has 0 N–H and O–H groups in total. The number of furan rings is 1. The highest BCUT2D eigenvalue weighted by Gasteiger charge is 2.61. The van der Waals surface area contributed by atoms with Crippen LogP contribution in [0.5, 0.6) is 0 Å². The van der Waals surface area contributed by atoms with Crippen LogP contribution in [0.25, 0.3) is 11.3 Å². The molecule has 2 saturated heterocycles. The number of carbonyl (C=O) groups is 2. The molecule has 3 heterocycles. The van der Waals surface area contributed by atoms with E-state index in [2.05, 4.69) is 0 Å². The van der Waals surface area contributed by atoms with Crippen LogP contribution in [0.1, 0.15) is 11.8 Å². The van der Waals surface area contributed by atoms with E-state index in [-0.39, 0.29) is 11.4 Å². The van der Waals surface area contributed by atoms with Crippen molar-refractivity contribution in [2.75, 3.05) is 9.96 Å². The molecule has 2 aliphatic heterocycles. The summed E-state index contributed by atoms with van der Waals surface area (Å²) < 4.78 is 6.12. The van der Waals surface area contributed by atoms with E-state index in [0.29, 0.717) is 22.7 Å². The van der Waals surface area contributed by atoms with E-state index >= 15 is 0 Å². The zero-order chi connectivity index (χ0) is 24.8. The average Bonchev–Trinajstić information content (AvgIpc) is 3.60. The van der Waals surface area contributed by atoms with Crippen LogP contribution >= 0.6 is 0 Å². The first-order chi connectivity index (χ1) is 17.5. The van der Waals surface area contributed by atoms with Crippen molar-refractivity contribution in [2.24, 2.45) is 5.92 Å². The largest absolute Gasteiger partial charge is 0.458 e. The Morgan fingerprint density at radius 1 is 0.750 bits per heavy atom. The third-order valence-corrected chi connectivity index (χ3v) is 6.42. The minimum absolute atomic E-state index is 0.0961. The molecule has 1 aromatic heterocycles. The smallest absolute Gasteiger partial charge is 0.280 e. The lowest BCUT2D eigenvalue weighted by atomic mass is 9.94. The average molecular weight is 481 g/mol. The highest BCUT2D eigenvalue weighted by molar-refractivity contribution is 6.23. The first-order valence-electron chi connectivity index (χ1n) is 11.3. The molecule has 4 aromatic rings. The molecule has 9 nitrogen and oxygen atoms in total. The number of hydroxylamine groups is 1. The standard InChI is InChI=1S/C27H19N3O6/c31-26-23-24(22-16-15-21(35-22)19-13-7-8-14-20(19)30(33)34)29(18-11-5-2-6-12-18)36-25(23)27(32)28(26)17-9-3-1-4-10-17/h1-16,23-25H/t23-,24+,25-/m0/s1. The Morgan fingerprint density at radius 3 is 2.08 bits per heavy atom. The van der Waals surface area contributed by atoms with E-state index in [0.717, 1.165) is 4.90 Å². The molecule has 36 heavy (non-hydrogen) atoms. The summed E-state index contributed by atoms with van der Waals surface area (Å²) >= 11 is 0. The second-order valence-electron chi connectivity index (χ2n) is 8.48. The van der Waals surface area contributed by atoms with Gasteiger partial charge in [0.15, 0.2) is 6.10 Å². The van der Waals surface area contributed by atoms with E-state index in [9.17, 15) is 19.7 Å². The molecule has 3 aromatic carbocycles. The predicted octanol–water partition coefficient (Wildman–Crippen LogP) is 4.91. The van der Waals surface area contributed by atoms with Crippen molar-refractivity contribution >= 4 is 28.9 Å². The Balaban J connectivity index is 1.44. The quantitative estimate of drug-likeness (QED) is 0.227. The summed E-state index contributed by atoms with van der Waals surface area (Å²) in [5, 5.41) is 13.1. The van der Waals surface area contributed by atoms with Gasteiger partial charge in [-0.3, -0.25) is 24.5 Å². The van der Waals surface area contributed by atoms with Crippen LogP contribution in [0, 0.1) is 16.0 Å². The Labute approximate surface area is 205 Å². The van der Waals surface area contributed by atoms with Crippen LogP contribution < -0.4 is 9.96 Å². The van der Waals surface area contributed by atoms with Crippen molar-refractivity contribution < 1.29 is 23.8 Å². The number of benzene rings is 3. The van der Waals surface area contributed by atoms with Crippen molar-refractivity contribution in [2.45, 2.75) is 12.1 Å². The molecular weight excluding hydrogens is 462 g/mol. The number of hydrogen-bond acceptors (Lipinski definition) is 7. The molecule has 3 atom stereocenters. The molecule has 178 valence electrons. The van der Waals surface area contributed by atoms with Gasteiger partial charge in [-0.05, 0) is 42.5 Å². The van der Waals surface area contributed by atoms with Crippen molar-refractivity contribution in [1.29, 1.82) is 0 Å². The van der Waals surface area contributed by atoms with Gasteiger partial charge in [-0.25, -0.2) is 9.96 Å². The van der Waals surface area contributed by atoms with E-state index < -0.39 is 34.8 Å². The Hall–Kier alpha value is -4.76. The van der Waals surface area contributed by atoms with Crippen LogP contribution in [-0.4, -0.2) is 22.8 Å². The topological polar surface area (TPSA) is 106 Å². The normalized spacial score (nSPS) is 21.2. The first kappa shape index (κ1) is 21.8. The summed E-state index contributed by atoms with van der Waals surface area (Å²) in [7, 11) is 0. The highest BCUT2D eigenvalue weighted by atomic mass is 16.7. The van der Waals surface area contributed by atoms with Crippen molar-refractivity contribution in [1.82, 2.24) is 0 Å². The van der Waals surface area contributed by atoms with Gasteiger partial charge in [-0.1, -0.05) is 48.5 Å². The third kappa shape index (κ3) is 3.37. The summed E-state index contributed by atoms with van der Waals surface area (Å²) in [4.78, 5) is 45.3. The van der Waals surface area contributed by atoms with Crippen LogP contribution in [0.15, 0.2) is 101 Å². The molecule has 0 saturated carbocycles. The molecule has 9 heteroatoms. The molecule has 2 fully saturated rings. The fraction of sp³-hybridized carbons (Fsp3) is 0.111. The van der Waals surface area contributed by atoms with Gasteiger partial charge in [0.1, 0.15) is 23.5 Å². The van der Waals surface area contributed by atoms with Crippen LogP contribution in [0.2, 0.25) is 0 Å². The molecule has 0 unspecified atom stereocenters. The van der Waals surface area contributed by atoms with Gasteiger partial charge in [0, 0.05) is 6.07 Å². The second kappa shape index (κ2) is 8.47. The number of rotatable bonds is 5. The maximum atomic E-state index is 13.6. The zero-order valence-electron chi connectivity index (χ0n) is 18.8. The summed E-state index contributed by atoms with van der Waals surface area (Å²) in [5.74, 6) is -1.09. The second-order valence-corrected chi connectivity index (χ2v) is 8.48. The lowest BCUT2D eigenvalue weighted by Crippen LogP contribution is -2.37. The number of nitro groups is 1. The number of nitro benzene ring substituents is 1. The van der Waals surface area contributed by atoms with E-state index in [1.807, 2.05) is 30.3 Å². The molecular formula is C27H19N3O6. The number of hydrogen-bond donors (Lipinski definition) is 0. The number of anilines is 2. The summed E-state index contributed by atoms with van der Waals surface area (Å²) in [6, 6.07) is 26.6. The van der Waals surface area contributed by atoms with E-state index in [1.165, 1.54) is 11.1 Å². The van der Waals surface area contributed by atoms with Crippen molar-refractivity contribution in [3.8, 4) is 11.3 Å². The summed E-state index contributed by atoms with van der Waals surface area (Å²) in [5.41, 5.74) is 1.33. The maximum Gasteiger partial charge on any atom is 0.280 e. The lowest BCUT2D eigenvalue weighted by molar-refractivity contribution is -0.384. The Morgan fingerprint density at radius 2 is 1.39 bits per heavy atom. The van der Waals surface area contributed by atoms with Gasteiger partial charge in [-0.2, -0.15) is 0 Å². The minimum Gasteiger partial charge on any atom is -0.458 e. The summed E-state index contributed by atoms with van der Waals surface area (Å²) in [6.45, 7) is 0. The molecule has 0 spiro atoms. The van der Waals surface area contributed by atoms with Gasteiger partial charge >= 0.3 is 0 Å². The van der Waals surface area contributed by atoms with Crippen molar-refractivity contribution in [3.05, 3.63) is 113 Å². The first-order valence-corrected chi connectivity index (χ1v) is 11.3. The van der Waals surface area contributed by atoms with Crippen molar-refractivity contribution in [3.63, 3.8) is 0 Å². The number of imide groups is 1. The number of carbonyl (C=O) groups excluding carboxylic acids is 2. The monoisotopic (exact) mass is 481 g/mol. The molecule has 0 aliphatic carbocycles. The maximum absolute atomic E-state index is 13.6. The van der Waals surface area contributed by atoms with Gasteiger partial charge in [0.2, 0.25) is 5.91 Å². The predicted molar refractivity (Wildman–Crippen MR) is 130 cm³/mol. The lowest BCUT2D eigenvalue weighted by Gasteiger charge is -2.27. The number of fused-ring (bicyclic) bond motifs is 1. The van der Waals surface area contributed by atoms with Crippen LogP contribution in [-0.2, 0) is 14.4 Å². The van der Waals surface area contributed by atoms with E-state index in [4.69, 9.17) is 9.25 Å². The molecule has 6 rings (SSSR count). The Bertz CT molecular complexity index is 1470. The van der Waals surface area contributed by atoms with Crippen LogP contribution in [0.3, 0.4) is 0 Å². The molecule has 0 bridgehead atoms. The zero-order valence-corrected chi connectivity index (χ0v) is 18.8. The number of amides is 2. The third-order valence-electron chi connectivity index (χ3n) is 6.42. The van der Waals surface area contributed by atoms with Gasteiger partial charge in [0.05, 0.1) is 21.9 Å². The SMILES string of the molecule is O=C1[C@@H]2[C@H](ON(c3ccccc3)[C@@H]2c2ccc(-c3ccccc3[N+](=O)[O-])o2)C(=O)N1c1ccccc1. The Kier molecular flexibility index (Phi) is 5.12. The molecule has 2 amide bonds. The van der Waals surface area contributed by atoms with Gasteiger partial charge in [-0.15, -0.1) is 0 Å². The molecule has 2 aliphatic rings. The fourth-order valence-corrected chi connectivity index (χ4v) is 4.83. The van der Waals surface area contributed by atoms with Gasteiger partial charge < -0.3 is 4.42 Å². The number of para-hydroxylation sites is 3. The highest BCUT2D eigenvalue weighted by Crippen LogP contribution is 2.48.